The highest BCUT2D eigenvalue weighted by Crippen LogP contribution is 2.35. The van der Waals surface area contributed by atoms with E-state index >= 15 is 0 Å². The molecule has 1 heterocycles. The summed E-state index contributed by atoms with van der Waals surface area (Å²) in [5, 5.41) is 3.10. The zero-order valence-corrected chi connectivity index (χ0v) is 13.5. The van der Waals surface area contributed by atoms with E-state index in [2.05, 4.69) is 34.0 Å². The molecule has 0 aliphatic rings. The van der Waals surface area contributed by atoms with E-state index in [0.717, 1.165) is 33.9 Å². The molecule has 0 saturated heterocycles. The van der Waals surface area contributed by atoms with E-state index in [9.17, 15) is 0 Å². The molecule has 0 atom stereocenters. The number of aliphatic imine (C=N–C) groups is 1. The maximum atomic E-state index is 5.35. The molecular formula is C18H21N3O. The van der Waals surface area contributed by atoms with Crippen LogP contribution in [-0.2, 0) is 0 Å². The summed E-state index contributed by atoms with van der Waals surface area (Å²) in [4.78, 5) is 9.00. The van der Waals surface area contributed by atoms with Gasteiger partial charge in [0.25, 0.3) is 0 Å². The summed E-state index contributed by atoms with van der Waals surface area (Å²) in [6, 6.07) is 10.1. The monoisotopic (exact) mass is 295 g/mol. The molecule has 22 heavy (non-hydrogen) atoms. The molecule has 1 N–H and O–H groups in total. The molecule has 0 aliphatic carbocycles. The summed E-state index contributed by atoms with van der Waals surface area (Å²) in [6.45, 7) is 9.64. The number of aromatic nitrogens is 1. The van der Waals surface area contributed by atoms with Gasteiger partial charge in [-0.3, -0.25) is 0 Å². The van der Waals surface area contributed by atoms with Crippen molar-refractivity contribution in [2.75, 3.05) is 7.11 Å². The molecule has 114 valence electrons. The predicted octanol–water partition coefficient (Wildman–Crippen LogP) is 4.24. The third kappa shape index (κ3) is 3.52. The zero-order valence-electron chi connectivity index (χ0n) is 13.5. The van der Waals surface area contributed by atoms with Crippen molar-refractivity contribution in [3.05, 3.63) is 54.4 Å². The summed E-state index contributed by atoms with van der Waals surface area (Å²) in [7, 11) is 1.60. The Morgan fingerprint density at radius 1 is 1.23 bits per heavy atom. The largest absolute Gasteiger partial charge is 0.479 e. The van der Waals surface area contributed by atoms with Gasteiger partial charge in [-0.2, -0.15) is 0 Å². The number of allylic oxidation sites excluding steroid dienone is 1. The number of ether oxygens (including phenoxy) is 1. The molecule has 2 rings (SSSR count). The van der Waals surface area contributed by atoms with E-state index in [-0.39, 0.29) is 0 Å². The fourth-order valence-corrected chi connectivity index (χ4v) is 2.26. The van der Waals surface area contributed by atoms with Crippen molar-refractivity contribution >= 4 is 11.5 Å². The molecule has 0 spiro atoms. The van der Waals surface area contributed by atoms with Gasteiger partial charge in [-0.15, -0.1) is 0 Å². The molecule has 1 aromatic heterocycles. The molecule has 0 bridgehead atoms. The quantitative estimate of drug-likeness (QED) is 0.678. The van der Waals surface area contributed by atoms with Gasteiger partial charge in [0, 0.05) is 17.5 Å². The second kappa shape index (κ2) is 6.89. The number of rotatable bonds is 4. The number of amidine groups is 1. The number of methoxy groups -OCH3 is 1. The first-order chi connectivity index (χ1) is 10.5. The molecule has 0 amide bonds. The van der Waals surface area contributed by atoms with Gasteiger partial charge in [-0.1, -0.05) is 36.9 Å². The van der Waals surface area contributed by atoms with E-state index in [4.69, 9.17) is 4.74 Å². The first-order valence-electron chi connectivity index (χ1n) is 7.09. The van der Waals surface area contributed by atoms with Crippen molar-refractivity contribution < 1.29 is 4.74 Å². The highest BCUT2D eigenvalue weighted by Gasteiger charge is 2.13. The smallest absolute Gasteiger partial charge is 0.240 e. The normalized spacial score (nSPS) is 11.2. The van der Waals surface area contributed by atoms with E-state index in [1.165, 1.54) is 0 Å². The fourth-order valence-electron chi connectivity index (χ4n) is 2.26. The Labute approximate surface area is 131 Å². The number of nitrogens with one attached hydrogen (secondary N) is 1. The zero-order chi connectivity index (χ0) is 16.1. The third-order valence-corrected chi connectivity index (χ3v) is 3.22. The molecule has 1 aromatic carbocycles. The van der Waals surface area contributed by atoms with Crippen LogP contribution in [0.15, 0.2) is 53.8 Å². The maximum Gasteiger partial charge on any atom is 0.240 e. The third-order valence-electron chi connectivity index (χ3n) is 3.22. The molecule has 0 saturated carbocycles. The van der Waals surface area contributed by atoms with Gasteiger partial charge in [-0.05, 0) is 31.9 Å². The molecule has 0 aliphatic heterocycles. The lowest BCUT2D eigenvalue weighted by atomic mass is 10.0. The Morgan fingerprint density at radius 2 is 1.91 bits per heavy atom. The average molecular weight is 295 g/mol. The Morgan fingerprint density at radius 3 is 2.50 bits per heavy atom. The van der Waals surface area contributed by atoms with Crippen LogP contribution < -0.4 is 10.1 Å². The van der Waals surface area contributed by atoms with Crippen LogP contribution in [0.5, 0.6) is 5.88 Å². The highest BCUT2D eigenvalue weighted by atomic mass is 16.5. The van der Waals surface area contributed by atoms with Crippen LogP contribution in [0.2, 0.25) is 0 Å². The van der Waals surface area contributed by atoms with Crippen molar-refractivity contribution in [1.29, 1.82) is 0 Å². The number of hydrogen-bond acceptors (Lipinski definition) is 3. The molecule has 4 heteroatoms. The minimum atomic E-state index is 0.514. The van der Waals surface area contributed by atoms with Crippen LogP contribution in [0.25, 0.3) is 11.1 Å². The Hall–Kier alpha value is -2.62. The lowest BCUT2D eigenvalue weighted by Gasteiger charge is -2.13. The van der Waals surface area contributed by atoms with Gasteiger partial charge in [0.05, 0.1) is 7.11 Å². The maximum absolute atomic E-state index is 5.35. The summed E-state index contributed by atoms with van der Waals surface area (Å²) in [5.74, 6) is 1.26. The van der Waals surface area contributed by atoms with Crippen LogP contribution in [0, 0.1) is 6.92 Å². The predicted molar refractivity (Wildman–Crippen MR) is 91.7 cm³/mol. The lowest BCUT2D eigenvalue weighted by molar-refractivity contribution is 0.399. The van der Waals surface area contributed by atoms with E-state index in [0.29, 0.717) is 5.88 Å². The van der Waals surface area contributed by atoms with Crippen LogP contribution in [-0.4, -0.2) is 17.9 Å². The SMILES string of the molecule is C=C(C)NC(C)=Nc1c(OC)ncc(-c2ccccc2)c1C. The molecule has 0 unspecified atom stereocenters. The summed E-state index contributed by atoms with van der Waals surface area (Å²) in [6.07, 6.45) is 1.82. The Balaban J connectivity index is 2.54. The van der Waals surface area contributed by atoms with Crippen molar-refractivity contribution in [3.8, 4) is 17.0 Å². The summed E-state index contributed by atoms with van der Waals surface area (Å²) < 4.78 is 5.35. The number of benzene rings is 1. The van der Waals surface area contributed by atoms with E-state index < -0.39 is 0 Å². The second-order valence-corrected chi connectivity index (χ2v) is 5.12. The van der Waals surface area contributed by atoms with Gasteiger partial charge in [0.15, 0.2) is 0 Å². The van der Waals surface area contributed by atoms with Crippen molar-refractivity contribution in [2.45, 2.75) is 20.8 Å². The topological polar surface area (TPSA) is 46.5 Å². The minimum absolute atomic E-state index is 0.514. The average Bonchev–Trinajstić information content (AvgIpc) is 2.49. The Kier molecular flexibility index (Phi) is 4.94. The van der Waals surface area contributed by atoms with Gasteiger partial charge < -0.3 is 10.1 Å². The first-order valence-corrected chi connectivity index (χ1v) is 7.09. The van der Waals surface area contributed by atoms with E-state index in [1.807, 2.05) is 45.2 Å². The number of pyridine rings is 1. The van der Waals surface area contributed by atoms with Gasteiger partial charge in [0.2, 0.25) is 5.88 Å². The summed E-state index contributed by atoms with van der Waals surface area (Å²) in [5.41, 5.74) is 4.75. The van der Waals surface area contributed by atoms with Gasteiger partial charge >= 0.3 is 0 Å². The van der Waals surface area contributed by atoms with E-state index in [1.54, 1.807) is 7.11 Å². The van der Waals surface area contributed by atoms with Crippen LogP contribution in [0.4, 0.5) is 5.69 Å². The number of hydrogen-bond donors (Lipinski definition) is 1. The molecule has 4 nitrogen and oxygen atoms in total. The summed E-state index contributed by atoms with van der Waals surface area (Å²) >= 11 is 0. The fraction of sp³-hybridized carbons (Fsp3) is 0.222. The van der Waals surface area contributed by atoms with Crippen molar-refractivity contribution in [3.63, 3.8) is 0 Å². The first kappa shape index (κ1) is 15.8. The van der Waals surface area contributed by atoms with Gasteiger partial charge in [-0.25, -0.2) is 9.98 Å². The lowest BCUT2D eigenvalue weighted by Crippen LogP contribution is -2.16. The van der Waals surface area contributed by atoms with Gasteiger partial charge in [0.1, 0.15) is 11.5 Å². The highest BCUT2D eigenvalue weighted by molar-refractivity contribution is 5.86. The van der Waals surface area contributed by atoms with Crippen molar-refractivity contribution in [1.82, 2.24) is 10.3 Å². The molecule has 2 aromatic rings. The molecule has 0 radical (unpaired) electrons. The second-order valence-electron chi connectivity index (χ2n) is 5.12. The molecule has 0 fully saturated rings. The van der Waals surface area contributed by atoms with Crippen LogP contribution in [0.1, 0.15) is 19.4 Å². The number of nitrogens with zero attached hydrogens (tertiary/aromatic N) is 2. The van der Waals surface area contributed by atoms with Crippen LogP contribution in [0.3, 0.4) is 0 Å². The van der Waals surface area contributed by atoms with Crippen molar-refractivity contribution in [2.24, 2.45) is 4.99 Å². The standard InChI is InChI=1S/C18H21N3O/c1-12(2)20-14(4)21-17-13(3)16(11-19-18(17)22-5)15-9-7-6-8-10-15/h6-11H,1H2,2-5H3,(H,20,21). The Bertz CT molecular complexity index is 706. The minimum Gasteiger partial charge on any atom is -0.479 e. The van der Waals surface area contributed by atoms with Crippen LogP contribution >= 0.6 is 0 Å². The molecular weight excluding hydrogens is 274 g/mol.